The van der Waals surface area contributed by atoms with Crippen molar-refractivity contribution in [3.05, 3.63) is 12.7 Å². The Bertz CT molecular complexity index is 253. The smallest absolute Gasteiger partial charge is 0.325 e. The van der Waals surface area contributed by atoms with Crippen LogP contribution in [0.5, 0.6) is 0 Å². The molecule has 0 spiro atoms. The second kappa shape index (κ2) is 9.84. The van der Waals surface area contributed by atoms with Gasteiger partial charge in [0.25, 0.3) is 0 Å². The van der Waals surface area contributed by atoms with Crippen LogP contribution in [0.3, 0.4) is 0 Å². The molecule has 1 amide bonds. The van der Waals surface area contributed by atoms with Crippen LogP contribution in [-0.2, 0) is 19.1 Å². The van der Waals surface area contributed by atoms with Crippen molar-refractivity contribution in [2.45, 2.75) is 20.3 Å². The van der Waals surface area contributed by atoms with E-state index in [2.05, 4.69) is 6.58 Å². The van der Waals surface area contributed by atoms with Crippen molar-refractivity contribution in [3.8, 4) is 0 Å². The maximum atomic E-state index is 11.7. The highest BCUT2D eigenvalue weighted by molar-refractivity contribution is 5.82. The van der Waals surface area contributed by atoms with Gasteiger partial charge in [-0.1, -0.05) is 6.08 Å². The zero-order chi connectivity index (χ0) is 13.1. The van der Waals surface area contributed by atoms with E-state index in [0.29, 0.717) is 26.4 Å². The topological polar surface area (TPSA) is 55.8 Å². The van der Waals surface area contributed by atoms with E-state index < -0.39 is 5.97 Å². The molecule has 0 rings (SSSR count). The molecule has 0 aromatic heterocycles. The summed E-state index contributed by atoms with van der Waals surface area (Å²) in [5.74, 6) is -0.537. The first-order valence-corrected chi connectivity index (χ1v) is 5.77. The zero-order valence-electron chi connectivity index (χ0n) is 10.6. The Morgan fingerprint density at radius 2 is 2.00 bits per heavy atom. The van der Waals surface area contributed by atoms with Crippen LogP contribution in [0.25, 0.3) is 0 Å². The van der Waals surface area contributed by atoms with Crippen LogP contribution >= 0.6 is 0 Å². The van der Waals surface area contributed by atoms with E-state index >= 15 is 0 Å². The average molecular weight is 243 g/mol. The Morgan fingerprint density at radius 3 is 2.53 bits per heavy atom. The Kier molecular flexibility index (Phi) is 9.05. The number of ether oxygens (including phenoxy) is 2. The number of esters is 1. The van der Waals surface area contributed by atoms with Gasteiger partial charge >= 0.3 is 5.97 Å². The molecule has 5 nitrogen and oxygen atoms in total. The quantitative estimate of drug-likeness (QED) is 0.344. The molecule has 17 heavy (non-hydrogen) atoms. The van der Waals surface area contributed by atoms with Gasteiger partial charge in [0, 0.05) is 13.2 Å². The summed E-state index contributed by atoms with van der Waals surface area (Å²) in [6.45, 7) is 8.71. The fourth-order valence-corrected chi connectivity index (χ4v) is 1.23. The van der Waals surface area contributed by atoms with E-state index in [1.165, 1.54) is 4.90 Å². The van der Waals surface area contributed by atoms with E-state index in [1.807, 2.05) is 6.92 Å². The Hall–Kier alpha value is -1.36. The van der Waals surface area contributed by atoms with Crippen molar-refractivity contribution in [2.24, 2.45) is 0 Å². The van der Waals surface area contributed by atoms with Gasteiger partial charge in [-0.25, -0.2) is 0 Å². The highest BCUT2D eigenvalue weighted by Gasteiger charge is 2.16. The number of rotatable bonds is 9. The molecule has 0 aliphatic rings. The lowest BCUT2D eigenvalue weighted by Crippen LogP contribution is -2.37. The van der Waals surface area contributed by atoms with E-state index in [1.54, 1.807) is 13.0 Å². The minimum Gasteiger partial charge on any atom is -0.465 e. The molecule has 0 aliphatic heterocycles. The third kappa shape index (κ3) is 7.52. The van der Waals surface area contributed by atoms with E-state index in [9.17, 15) is 9.59 Å². The summed E-state index contributed by atoms with van der Waals surface area (Å²) < 4.78 is 9.89. The molecule has 0 fully saturated rings. The molecule has 5 heteroatoms. The highest BCUT2D eigenvalue weighted by atomic mass is 16.5. The van der Waals surface area contributed by atoms with Crippen LogP contribution < -0.4 is 0 Å². The molecule has 0 aliphatic carbocycles. The van der Waals surface area contributed by atoms with Gasteiger partial charge in [-0.15, -0.1) is 6.58 Å². The summed E-state index contributed by atoms with van der Waals surface area (Å²) in [5.41, 5.74) is 0. The Balaban J connectivity index is 4.15. The fraction of sp³-hybridized carbons (Fsp3) is 0.667. The lowest BCUT2D eigenvalue weighted by atomic mass is 10.3. The fourth-order valence-electron chi connectivity index (χ4n) is 1.23. The van der Waals surface area contributed by atoms with E-state index in [0.717, 1.165) is 0 Å². The van der Waals surface area contributed by atoms with Crippen LogP contribution in [0.4, 0.5) is 0 Å². The van der Waals surface area contributed by atoms with Gasteiger partial charge in [-0.05, 0) is 13.8 Å². The van der Waals surface area contributed by atoms with Gasteiger partial charge in [0.15, 0.2) is 0 Å². The number of nitrogens with zero attached hydrogens (tertiary/aromatic N) is 1. The van der Waals surface area contributed by atoms with Crippen molar-refractivity contribution in [2.75, 3.05) is 32.9 Å². The van der Waals surface area contributed by atoms with Crippen LogP contribution in [0.15, 0.2) is 12.7 Å². The monoisotopic (exact) mass is 243 g/mol. The predicted octanol–water partition coefficient (Wildman–Crippen LogP) is 0.991. The van der Waals surface area contributed by atoms with Gasteiger partial charge in [0.05, 0.1) is 19.6 Å². The summed E-state index contributed by atoms with van der Waals surface area (Å²) in [7, 11) is 0. The van der Waals surface area contributed by atoms with Crippen molar-refractivity contribution in [3.63, 3.8) is 0 Å². The number of hydrogen-bond donors (Lipinski definition) is 0. The standard InChI is InChI=1S/C12H21NO4/c1-4-8-13(10-12(15)17-6-3)11(14)7-9-16-5-2/h4H,1,5-10H2,2-3H3. The van der Waals surface area contributed by atoms with Crippen LogP contribution in [0.1, 0.15) is 20.3 Å². The SMILES string of the molecule is C=CCN(CC(=O)OCC)C(=O)CCOCC. The van der Waals surface area contributed by atoms with Crippen molar-refractivity contribution >= 4 is 11.9 Å². The molecule has 0 N–H and O–H groups in total. The summed E-state index contributed by atoms with van der Waals surface area (Å²) in [4.78, 5) is 24.4. The molecule has 0 unspecified atom stereocenters. The van der Waals surface area contributed by atoms with Crippen molar-refractivity contribution < 1.29 is 19.1 Å². The number of amides is 1. The van der Waals surface area contributed by atoms with Crippen LogP contribution in [0.2, 0.25) is 0 Å². The maximum absolute atomic E-state index is 11.7. The highest BCUT2D eigenvalue weighted by Crippen LogP contribution is 1.97. The summed E-state index contributed by atoms with van der Waals surface area (Å²) in [6, 6.07) is 0. The Labute approximate surface area is 102 Å². The molecule has 0 heterocycles. The van der Waals surface area contributed by atoms with Gasteiger partial charge in [-0.3, -0.25) is 9.59 Å². The summed E-state index contributed by atoms with van der Waals surface area (Å²) in [6.07, 6.45) is 1.85. The molecule has 0 atom stereocenters. The zero-order valence-corrected chi connectivity index (χ0v) is 10.6. The van der Waals surface area contributed by atoms with E-state index in [4.69, 9.17) is 9.47 Å². The number of carbonyl (C=O) groups is 2. The molecular weight excluding hydrogens is 222 g/mol. The molecular formula is C12H21NO4. The van der Waals surface area contributed by atoms with Crippen molar-refractivity contribution in [1.82, 2.24) is 4.90 Å². The minimum atomic E-state index is -0.404. The van der Waals surface area contributed by atoms with Gasteiger partial charge in [-0.2, -0.15) is 0 Å². The molecule has 0 bridgehead atoms. The minimum absolute atomic E-state index is 0.0369. The lowest BCUT2D eigenvalue weighted by molar-refractivity contribution is -0.148. The molecule has 0 saturated heterocycles. The van der Waals surface area contributed by atoms with Gasteiger partial charge in [0.2, 0.25) is 5.91 Å². The van der Waals surface area contributed by atoms with Crippen LogP contribution in [-0.4, -0.2) is 49.7 Å². The summed E-state index contributed by atoms with van der Waals surface area (Å²) >= 11 is 0. The normalized spacial score (nSPS) is 9.76. The molecule has 0 radical (unpaired) electrons. The third-order valence-corrected chi connectivity index (χ3v) is 1.99. The third-order valence-electron chi connectivity index (χ3n) is 1.99. The van der Waals surface area contributed by atoms with Crippen molar-refractivity contribution in [1.29, 1.82) is 0 Å². The second-order valence-corrected chi connectivity index (χ2v) is 3.31. The second-order valence-electron chi connectivity index (χ2n) is 3.31. The first-order valence-electron chi connectivity index (χ1n) is 5.77. The first-order chi connectivity index (χ1) is 8.15. The first kappa shape index (κ1) is 15.6. The molecule has 0 aromatic rings. The predicted molar refractivity (Wildman–Crippen MR) is 64.5 cm³/mol. The Morgan fingerprint density at radius 1 is 1.29 bits per heavy atom. The molecule has 0 aromatic carbocycles. The molecule has 0 saturated carbocycles. The van der Waals surface area contributed by atoms with E-state index in [-0.39, 0.29) is 18.9 Å². The number of hydrogen-bond acceptors (Lipinski definition) is 4. The number of carbonyl (C=O) groups excluding carboxylic acids is 2. The summed E-state index contributed by atoms with van der Waals surface area (Å²) in [5, 5.41) is 0. The van der Waals surface area contributed by atoms with Gasteiger partial charge in [0.1, 0.15) is 6.54 Å². The van der Waals surface area contributed by atoms with Crippen LogP contribution in [0, 0.1) is 0 Å². The largest absolute Gasteiger partial charge is 0.465 e. The molecule has 98 valence electrons. The lowest BCUT2D eigenvalue weighted by Gasteiger charge is -2.19. The average Bonchev–Trinajstić information content (AvgIpc) is 2.29. The van der Waals surface area contributed by atoms with Gasteiger partial charge < -0.3 is 14.4 Å². The maximum Gasteiger partial charge on any atom is 0.325 e.